The number of halogens is 1. The number of hydrogen-bond donors (Lipinski definition) is 0. The summed E-state index contributed by atoms with van der Waals surface area (Å²) in [5.74, 6) is 0.531. The third-order valence-corrected chi connectivity index (χ3v) is 2.48. The highest BCUT2D eigenvalue weighted by atomic mass is 19.1. The smallest absolute Gasteiger partial charge is 0.123 e. The summed E-state index contributed by atoms with van der Waals surface area (Å²) in [5.41, 5.74) is 2.55. The first kappa shape index (κ1) is 6.84. The third kappa shape index (κ3) is 1.05. The van der Waals surface area contributed by atoms with Crippen molar-refractivity contribution in [2.45, 2.75) is 25.7 Å². The van der Waals surface area contributed by atoms with E-state index in [2.05, 4.69) is 6.92 Å². The van der Waals surface area contributed by atoms with Gasteiger partial charge in [-0.1, -0.05) is 13.0 Å². The van der Waals surface area contributed by atoms with Gasteiger partial charge < -0.3 is 0 Å². The fraction of sp³-hybridized carbons (Fsp3) is 0.400. The summed E-state index contributed by atoms with van der Waals surface area (Å²) in [6, 6.07) is 5.14. The lowest BCUT2D eigenvalue weighted by molar-refractivity contribution is 0.626. The first-order valence-electron chi connectivity index (χ1n) is 4.05. The van der Waals surface area contributed by atoms with Gasteiger partial charge in [0.25, 0.3) is 0 Å². The molecule has 0 aliphatic heterocycles. The molecule has 0 N–H and O–H groups in total. The van der Waals surface area contributed by atoms with Crippen LogP contribution in [0.3, 0.4) is 0 Å². The van der Waals surface area contributed by atoms with Crippen molar-refractivity contribution in [1.82, 2.24) is 0 Å². The number of rotatable bonds is 0. The standard InChI is InChI=1S/C10H11F/c1-7-2-3-8-6-9(11)4-5-10(7)8/h4-7H,2-3H2,1H3/t7-/m0/s1. The average molecular weight is 150 g/mol. The molecule has 0 heterocycles. The van der Waals surface area contributed by atoms with Gasteiger partial charge in [0.15, 0.2) is 0 Å². The Hall–Kier alpha value is -0.850. The van der Waals surface area contributed by atoms with Crippen LogP contribution in [0.2, 0.25) is 0 Å². The zero-order valence-corrected chi connectivity index (χ0v) is 6.60. The zero-order valence-electron chi connectivity index (χ0n) is 6.60. The van der Waals surface area contributed by atoms with E-state index < -0.39 is 0 Å². The molecule has 1 aliphatic carbocycles. The van der Waals surface area contributed by atoms with Crippen LogP contribution in [0.5, 0.6) is 0 Å². The Morgan fingerprint density at radius 1 is 1.45 bits per heavy atom. The van der Waals surface area contributed by atoms with Crippen LogP contribution in [0, 0.1) is 5.82 Å². The van der Waals surface area contributed by atoms with Crippen LogP contribution in [0.1, 0.15) is 30.4 Å². The molecule has 0 nitrogen and oxygen atoms in total. The van der Waals surface area contributed by atoms with Gasteiger partial charge in [0, 0.05) is 0 Å². The highest BCUT2D eigenvalue weighted by Gasteiger charge is 2.17. The molecule has 0 unspecified atom stereocenters. The summed E-state index contributed by atoms with van der Waals surface area (Å²) in [4.78, 5) is 0. The average Bonchev–Trinajstić information content (AvgIpc) is 2.32. The Morgan fingerprint density at radius 3 is 3.09 bits per heavy atom. The van der Waals surface area contributed by atoms with Gasteiger partial charge in [0.05, 0.1) is 0 Å². The van der Waals surface area contributed by atoms with E-state index in [-0.39, 0.29) is 5.82 Å². The second-order valence-electron chi connectivity index (χ2n) is 3.28. The summed E-state index contributed by atoms with van der Waals surface area (Å²) in [5, 5.41) is 0. The molecule has 0 saturated carbocycles. The van der Waals surface area contributed by atoms with E-state index in [1.807, 2.05) is 6.07 Å². The first-order valence-corrected chi connectivity index (χ1v) is 4.05. The normalized spacial score (nSPS) is 21.8. The number of aryl methyl sites for hydroxylation is 1. The molecule has 1 aromatic rings. The quantitative estimate of drug-likeness (QED) is 0.533. The minimum absolute atomic E-state index is 0.0992. The number of benzene rings is 1. The van der Waals surface area contributed by atoms with Gasteiger partial charge >= 0.3 is 0 Å². The summed E-state index contributed by atoms with van der Waals surface area (Å²) in [7, 11) is 0. The maximum Gasteiger partial charge on any atom is 0.123 e. The topological polar surface area (TPSA) is 0 Å². The molecule has 2 rings (SSSR count). The van der Waals surface area contributed by atoms with Crippen molar-refractivity contribution in [3.63, 3.8) is 0 Å². The monoisotopic (exact) mass is 150 g/mol. The Kier molecular flexibility index (Phi) is 1.45. The van der Waals surface area contributed by atoms with Gasteiger partial charge in [0.1, 0.15) is 5.82 Å². The predicted octanol–water partition coefficient (Wildman–Crippen LogP) is 2.88. The van der Waals surface area contributed by atoms with E-state index in [0.717, 1.165) is 6.42 Å². The third-order valence-electron chi connectivity index (χ3n) is 2.48. The molecule has 1 aromatic carbocycles. The molecule has 0 aromatic heterocycles. The minimum atomic E-state index is -0.0992. The Morgan fingerprint density at radius 2 is 2.27 bits per heavy atom. The molecule has 1 aliphatic rings. The van der Waals surface area contributed by atoms with E-state index >= 15 is 0 Å². The second-order valence-corrected chi connectivity index (χ2v) is 3.28. The Labute approximate surface area is 66.1 Å². The van der Waals surface area contributed by atoms with Gasteiger partial charge in [-0.15, -0.1) is 0 Å². The maximum absolute atomic E-state index is 12.7. The molecule has 58 valence electrons. The largest absolute Gasteiger partial charge is 0.207 e. The minimum Gasteiger partial charge on any atom is -0.207 e. The van der Waals surface area contributed by atoms with Gasteiger partial charge in [-0.3, -0.25) is 0 Å². The first-order chi connectivity index (χ1) is 5.27. The molecule has 1 atom stereocenters. The van der Waals surface area contributed by atoms with Crippen LogP contribution in [0.25, 0.3) is 0 Å². The van der Waals surface area contributed by atoms with Gasteiger partial charge in [-0.05, 0) is 42.0 Å². The van der Waals surface area contributed by atoms with Gasteiger partial charge in [-0.2, -0.15) is 0 Å². The highest BCUT2D eigenvalue weighted by Crippen LogP contribution is 2.32. The number of fused-ring (bicyclic) bond motifs is 1. The molecular weight excluding hydrogens is 139 g/mol. The van der Waals surface area contributed by atoms with Crippen molar-refractivity contribution in [3.05, 3.63) is 35.1 Å². The van der Waals surface area contributed by atoms with Gasteiger partial charge in [-0.25, -0.2) is 4.39 Å². The summed E-state index contributed by atoms with van der Waals surface area (Å²) in [6.45, 7) is 2.20. The van der Waals surface area contributed by atoms with Crippen LogP contribution < -0.4 is 0 Å². The van der Waals surface area contributed by atoms with Crippen LogP contribution in [0.4, 0.5) is 4.39 Å². The fourth-order valence-electron chi connectivity index (χ4n) is 1.80. The molecule has 0 amide bonds. The van der Waals surface area contributed by atoms with E-state index in [1.165, 1.54) is 17.5 Å². The second kappa shape index (κ2) is 2.33. The molecule has 0 spiro atoms. The van der Waals surface area contributed by atoms with Crippen molar-refractivity contribution in [3.8, 4) is 0 Å². The lowest BCUT2D eigenvalue weighted by atomic mass is 10.0. The summed E-state index contributed by atoms with van der Waals surface area (Å²) < 4.78 is 12.7. The van der Waals surface area contributed by atoms with Crippen LogP contribution in [-0.2, 0) is 6.42 Å². The molecule has 0 saturated heterocycles. The molecule has 0 radical (unpaired) electrons. The predicted molar refractivity (Wildman–Crippen MR) is 43.1 cm³/mol. The number of hydrogen-bond acceptors (Lipinski definition) is 0. The summed E-state index contributed by atoms with van der Waals surface area (Å²) in [6.07, 6.45) is 2.23. The maximum atomic E-state index is 12.7. The van der Waals surface area contributed by atoms with Crippen molar-refractivity contribution in [2.24, 2.45) is 0 Å². The van der Waals surface area contributed by atoms with Crippen molar-refractivity contribution in [2.75, 3.05) is 0 Å². The van der Waals surface area contributed by atoms with Crippen molar-refractivity contribution < 1.29 is 4.39 Å². The van der Waals surface area contributed by atoms with Crippen molar-refractivity contribution in [1.29, 1.82) is 0 Å². The molecule has 1 heteroatoms. The lowest BCUT2D eigenvalue weighted by Crippen LogP contribution is -1.86. The Balaban J connectivity index is 2.50. The van der Waals surface area contributed by atoms with Crippen LogP contribution >= 0.6 is 0 Å². The van der Waals surface area contributed by atoms with E-state index in [0.29, 0.717) is 5.92 Å². The van der Waals surface area contributed by atoms with E-state index in [1.54, 1.807) is 12.1 Å². The van der Waals surface area contributed by atoms with Crippen LogP contribution in [0.15, 0.2) is 18.2 Å². The molecule has 0 fully saturated rings. The van der Waals surface area contributed by atoms with E-state index in [9.17, 15) is 4.39 Å². The van der Waals surface area contributed by atoms with Crippen LogP contribution in [-0.4, -0.2) is 0 Å². The fourth-order valence-corrected chi connectivity index (χ4v) is 1.80. The van der Waals surface area contributed by atoms with Gasteiger partial charge in [0.2, 0.25) is 0 Å². The zero-order chi connectivity index (χ0) is 7.84. The highest BCUT2D eigenvalue weighted by molar-refractivity contribution is 5.34. The molecule has 0 bridgehead atoms. The summed E-state index contributed by atoms with van der Waals surface area (Å²) >= 11 is 0. The van der Waals surface area contributed by atoms with Crippen molar-refractivity contribution >= 4 is 0 Å². The van der Waals surface area contributed by atoms with E-state index in [4.69, 9.17) is 0 Å². The molecule has 11 heavy (non-hydrogen) atoms. The SMILES string of the molecule is C[C@H]1CCc2cc(F)ccc21. The Bertz CT molecular complexity index is 278. The molecular formula is C10H11F. The lowest BCUT2D eigenvalue weighted by Gasteiger charge is -2.02.